The third-order valence-corrected chi connectivity index (χ3v) is 4.47. The highest BCUT2D eigenvalue weighted by Crippen LogP contribution is 2.38. The average Bonchev–Trinajstić information content (AvgIpc) is 3.12. The van der Waals surface area contributed by atoms with Crippen molar-refractivity contribution >= 4 is 23.1 Å². The predicted octanol–water partition coefficient (Wildman–Crippen LogP) is 3.05. The Bertz CT molecular complexity index is 952. The van der Waals surface area contributed by atoms with Crippen molar-refractivity contribution < 1.29 is 38.1 Å². The van der Waals surface area contributed by atoms with Crippen LogP contribution in [0, 0.1) is 11.6 Å². The lowest BCUT2D eigenvalue weighted by Crippen LogP contribution is -2.31. The molecule has 2 heterocycles. The first kappa shape index (κ1) is 17.7. The van der Waals surface area contributed by atoms with Crippen LogP contribution in [-0.4, -0.2) is 34.4 Å². The van der Waals surface area contributed by atoms with Gasteiger partial charge in [-0.25, -0.2) is 18.4 Å². The maximum Gasteiger partial charge on any atom is 0.343 e. The molecule has 0 radical (unpaired) electrons. The lowest BCUT2D eigenvalue weighted by atomic mass is 10.00. The number of aliphatic hydroxyl groups is 2. The Morgan fingerprint density at radius 3 is 1.29 bits per heavy atom. The third kappa shape index (κ3) is 2.79. The van der Waals surface area contributed by atoms with Gasteiger partial charge < -0.3 is 19.7 Å². The lowest BCUT2D eigenvalue weighted by Gasteiger charge is -2.17. The summed E-state index contributed by atoms with van der Waals surface area (Å²) in [6.45, 7) is 0. The first-order valence-corrected chi connectivity index (χ1v) is 8.17. The van der Waals surface area contributed by atoms with Crippen LogP contribution < -0.4 is 0 Å². The Kier molecular flexibility index (Phi) is 4.11. The van der Waals surface area contributed by atoms with Crippen LogP contribution in [0.3, 0.4) is 0 Å². The van der Waals surface area contributed by atoms with Gasteiger partial charge in [0.05, 0.1) is 0 Å². The fourth-order valence-electron chi connectivity index (χ4n) is 3.13. The van der Waals surface area contributed by atoms with Gasteiger partial charge in [-0.3, -0.25) is 0 Å². The van der Waals surface area contributed by atoms with E-state index in [2.05, 4.69) is 0 Å². The molecule has 0 fully saturated rings. The number of aliphatic hydroxyl groups excluding tert-OH is 2. The molecule has 4 rings (SSSR count). The fourth-order valence-corrected chi connectivity index (χ4v) is 3.13. The monoisotopic (exact) mass is 386 g/mol. The van der Waals surface area contributed by atoms with Gasteiger partial charge >= 0.3 is 11.9 Å². The molecule has 0 saturated carbocycles. The van der Waals surface area contributed by atoms with E-state index in [-0.39, 0.29) is 22.3 Å². The van der Waals surface area contributed by atoms with Crippen LogP contribution in [0.25, 0.3) is 11.1 Å². The smallest absolute Gasteiger partial charge is 0.343 e. The van der Waals surface area contributed by atoms with E-state index >= 15 is 0 Å². The summed E-state index contributed by atoms with van der Waals surface area (Å²) in [7, 11) is 0. The predicted molar refractivity (Wildman–Crippen MR) is 91.7 cm³/mol. The summed E-state index contributed by atoms with van der Waals surface area (Å²) >= 11 is 0. The van der Waals surface area contributed by atoms with Gasteiger partial charge in [-0.05, 0) is 35.4 Å². The minimum atomic E-state index is -1.46. The van der Waals surface area contributed by atoms with Gasteiger partial charge in [0.1, 0.15) is 22.8 Å². The van der Waals surface area contributed by atoms with E-state index in [0.29, 0.717) is 0 Å². The molecular weight excluding hydrogens is 374 g/mol. The van der Waals surface area contributed by atoms with Gasteiger partial charge in [0, 0.05) is 0 Å². The van der Waals surface area contributed by atoms with Gasteiger partial charge in [-0.2, -0.15) is 0 Å². The van der Waals surface area contributed by atoms with E-state index in [0.717, 1.165) is 24.3 Å². The second-order valence-corrected chi connectivity index (χ2v) is 6.19. The topological polar surface area (TPSA) is 93.1 Å². The van der Waals surface area contributed by atoms with Gasteiger partial charge in [-0.1, -0.05) is 24.3 Å². The number of rotatable bonds is 3. The maximum atomic E-state index is 13.1. The number of benzene rings is 2. The van der Waals surface area contributed by atoms with Crippen molar-refractivity contribution in [3.8, 4) is 0 Å². The fraction of sp³-hybridized carbons (Fsp3) is 0.100. The molecule has 0 unspecified atom stereocenters. The molecule has 2 aliphatic rings. The zero-order chi connectivity index (χ0) is 20.0. The Morgan fingerprint density at radius 1 is 0.643 bits per heavy atom. The van der Waals surface area contributed by atoms with Crippen LogP contribution in [0.5, 0.6) is 0 Å². The summed E-state index contributed by atoms with van der Waals surface area (Å²) in [6.07, 6.45) is -2.93. The first-order valence-electron chi connectivity index (χ1n) is 8.17. The molecule has 0 aromatic heterocycles. The van der Waals surface area contributed by atoms with Gasteiger partial charge in [0.2, 0.25) is 12.2 Å². The number of ether oxygens (including phenoxy) is 2. The normalized spacial score (nSPS) is 21.9. The van der Waals surface area contributed by atoms with Crippen LogP contribution in [0.4, 0.5) is 8.78 Å². The lowest BCUT2D eigenvalue weighted by molar-refractivity contribution is -0.152. The van der Waals surface area contributed by atoms with E-state index in [1.54, 1.807) is 0 Å². The number of halogens is 2. The molecule has 2 atom stereocenters. The first-order chi connectivity index (χ1) is 13.4. The highest BCUT2D eigenvalue weighted by Gasteiger charge is 2.48. The molecule has 8 heteroatoms. The largest absolute Gasteiger partial charge is 0.507 e. The number of hydrogen-bond acceptors (Lipinski definition) is 6. The van der Waals surface area contributed by atoms with Gasteiger partial charge in [0.15, 0.2) is 11.5 Å². The SMILES string of the molecule is O=C1O[C@H]([C@H]2OC(=O)C(c3ccc(F)cc3)=C2O)C(O)=C1c1ccc(F)cc1. The molecule has 2 aromatic rings. The molecule has 28 heavy (non-hydrogen) atoms. The number of hydrogen-bond donors (Lipinski definition) is 2. The second kappa shape index (κ2) is 6.49. The summed E-state index contributed by atoms with van der Waals surface area (Å²) in [4.78, 5) is 24.4. The number of carbonyl (C=O) groups excluding carboxylic acids is 2. The Hall–Kier alpha value is -3.68. The Morgan fingerprint density at radius 2 is 0.964 bits per heavy atom. The van der Waals surface area contributed by atoms with E-state index in [1.807, 2.05) is 0 Å². The van der Waals surface area contributed by atoms with Crippen molar-refractivity contribution in [2.75, 3.05) is 0 Å². The van der Waals surface area contributed by atoms with E-state index < -0.39 is 47.3 Å². The molecule has 142 valence electrons. The molecule has 0 bridgehead atoms. The summed E-state index contributed by atoms with van der Waals surface area (Å²) in [5.74, 6) is -3.98. The third-order valence-electron chi connectivity index (χ3n) is 4.47. The number of esters is 2. The molecule has 2 aliphatic heterocycles. The van der Waals surface area contributed by atoms with E-state index in [9.17, 15) is 28.6 Å². The zero-order valence-electron chi connectivity index (χ0n) is 14.1. The zero-order valence-corrected chi connectivity index (χ0v) is 14.1. The standard InChI is InChI=1S/C20H12F2O6/c21-11-5-1-9(2-6-11)13-15(23)17(27-19(13)25)18-16(24)14(20(26)28-18)10-3-7-12(22)8-4-10/h1-8,17-18,23-24H/t17-,18-/m0/s1. The van der Waals surface area contributed by atoms with Crippen LogP contribution in [0.1, 0.15) is 11.1 Å². The molecule has 2 aromatic carbocycles. The van der Waals surface area contributed by atoms with Crippen molar-refractivity contribution in [3.05, 3.63) is 82.8 Å². The quantitative estimate of drug-likeness (QED) is 0.788. The minimum Gasteiger partial charge on any atom is -0.507 e. The van der Waals surface area contributed by atoms with Crippen LogP contribution in [-0.2, 0) is 19.1 Å². The highest BCUT2D eigenvalue weighted by molar-refractivity contribution is 6.21. The summed E-state index contributed by atoms with van der Waals surface area (Å²) in [5, 5.41) is 20.9. The summed E-state index contributed by atoms with van der Waals surface area (Å²) < 4.78 is 36.4. The molecule has 0 amide bonds. The summed E-state index contributed by atoms with van der Waals surface area (Å²) in [6, 6.07) is 9.56. The second-order valence-electron chi connectivity index (χ2n) is 6.19. The number of carbonyl (C=O) groups is 2. The molecule has 0 aliphatic carbocycles. The van der Waals surface area contributed by atoms with Crippen LogP contribution in [0.15, 0.2) is 60.0 Å². The Balaban J connectivity index is 1.71. The van der Waals surface area contributed by atoms with Crippen molar-refractivity contribution in [2.24, 2.45) is 0 Å². The Labute approximate surface area is 156 Å². The van der Waals surface area contributed by atoms with Crippen molar-refractivity contribution in [1.82, 2.24) is 0 Å². The van der Waals surface area contributed by atoms with Crippen molar-refractivity contribution in [3.63, 3.8) is 0 Å². The summed E-state index contributed by atoms with van der Waals surface area (Å²) in [5.41, 5.74) is -0.0240. The molecule has 0 spiro atoms. The van der Waals surface area contributed by atoms with E-state index in [1.165, 1.54) is 24.3 Å². The van der Waals surface area contributed by atoms with E-state index in [4.69, 9.17) is 9.47 Å². The minimum absolute atomic E-state index is 0.206. The van der Waals surface area contributed by atoms with Crippen LogP contribution >= 0.6 is 0 Å². The maximum absolute atomic E-state index is 13.1. The molecule has 6 nitrogen and oxygen atoms in total. The molecule has 2 N–H and O–H groups in total. The van der Waals surface area contributed by atoms with Crippen LogP contribution in [0.2, 0.25) is 0 Å². The number of cyclic esters (lactones) is 2. The van der Waals surface area contributed by atoms with Crippen molar-refractivity contribution in [2.45, 2.75) is 12.2 Å². The van der Waals surface area contributed by atoms with Gasteiger partial charge in [0.25, 0.3) is 0 Å². The van der Waals surface area contributed by atoms with Gasteiger partial charge in [-0.15, -0.1) is 0 Å². The molecular formula is C20H12F2O6. The van der Waals surface area contributed by atoms with Crippen molar-refractivity contribution in [1.29, 1.82) is 0 Å². The average molecular weight is 386 g/mol. The molecule has 0 saturated heterocycles. The highest BCUT2D eigenvalue weighted by atomic mass is 19.1.